The lowest BCUT2D eigenvalue weighted by atomic mass is 9.95. The van der Waals surface area contributed by atoms with Crippen LogP contribution in [0.5, 0.6) is 0 Å². The maximum Gasteiger partial charge on any atom is 0.230 e. The summed E-state index contributed by atoms with van der Waals surface area (Å²) in [5.41, 5.74) is 2.44. The molecule has 0 aromatic heterocycles. The molecule has 21 heavy (non-hydrogen) atoms. The van der Waals surface area contributed by atoms with Gasteiger partial charge in [0.1, 0.15) is 0 Å². The zero-order valence-electron chi connectivity index (χ0n) is 12.7. The summed E-state index contributed by atoms with van der Waals surface area (Å²) in [4.78, 5) is 15.0. The van der Waals surface area contributed by atoms with Crippen molar-refractivity contribution in [2.75, 3.05) is 18.0 Å². The van der Waals surface area contributed by atoms with Crippen LogP contribution in [0.15, 0.2) is 24.3 Å². The molecular weight excluding hydrogens is 260 g/mol. The van der Waals surface area contributed by atoms with Crippen molar-refractivity contribution in [2.45, 2.75) is 38.6 Å². The molecule has 0 spiro atoms. The van der Waals surface area contributed by atoms with Gasteiger partial charge in [0.2, 0.25) is 5.91 Å². The predicted molar refractivity (Wildman–Crippen MR) is 84.2 cm³/mol. The molecule has 1 aromatic carbocycles. The average molecular weight is 284 g/mol. The van der Waals surface area contributed by atoms with E-state index in [0.29, 0.717) is 29.7 Å². The molecule has 2 aliphatic carbocycles. The highest BCUT2D eigenvalue weighted by molar-refractivity contribution is 5.98. The number of rotatable bonds is 3. The van der Waals surface area contributed by atoms with Crippen molar-refractivity contribution in [1.82, 2.24) is 5.32 Å². The number of benzene rings is 1. The fourth-order valence-electron chi connectivity index (χ4n) is 4.62. The summed E-state index contributed by atoms with van der Waals surface area (Å²) in [5.74, 6) is 2.14. The fourth-order valence-corrected chi connectivity index (χ4v) is 4.62. The van der Waals surface area contributed by atoms with Crippen LogP contribution in [-0.2, 0) is 4.79 Å². The van der Waals surface area contributed by atoms with Gasteiger partial charge in [0, 0.05) is 24.2 Å². The van der Waals surface area contributed by atoms with Gasteiger partial charge in [0.25, 0.3) is 0 Å². The number of fused-ring (bicyclic) bond motifs is 2. The van der Waals surface area contributed by atoms with E-state index < -0.39 is 0 Å². The zero-order chi connectivity index (χ0) is 14.4. The number of carbonyl (C=O) groups is 1. The largest absolute Gasteiger partial charge is 0.312 e. The lowest BCUT2D eigenvalue weighted by Gasteiger charge is -2.35. The second kappa shape index (κ2) is 5.13. The Bertz CT molecular complexity index is 546. The summed E-state index contributed by atoms with van der Waals surface area (Å²) in [6.07, 6.45) is 4.91. The van der Waals surface area contributed by atoms with E-state index in [1.807, 2.05) is 0 Å². The third-order valence-corrected chi connectivity index (χ3v) is 5.65. The molecule has 3 nitrogen and oxygen atoms in total. The van der Waals surface area contributed by atoms with Crippen molar-refractivity contribution in [2.24, 2.45) is 17.8 Å². The Morgan fingerprint density at radius 3 is 2.76 bits per heavy atom. The van der Waals surface area contributed by atoms with E-state index in [1.54, 1.807) is 0 Å². The number of anilines is 1. The van der Waals surface area contributed by atoms with Crippen molar-refractivity contribution < 1.29 is 4.79 Å². The van der Waals surface area contributed by atoms with Crippen LogP contribution in [0.3, 0.4) is 0 Å². The van der Waals surface area contributed by atoms with Gasteiger partial charge in [0.15, 0.2) is 0 Å². The second-order valence-corrected chi connectivity index (χ2v) is 6.73. The first-order valence-corrected chi connectivity index (χ1v) is 8.45. The Hall–Kier alpha value is -1.35. The Morgan fingerprint density at radius 1 is 1.24 bits per heavy atom. The minimum Gasteiger partial charge on any atom is -0.312 e. The van der Waals surface area contributed by atoms with Gasteiger partial charge < -0.3 is 10.2 Å². The topological polar surface area (TPSA) is 32.3 Å². The molecule has 3 atom stereocenters. The van der Waals surface area contributed by atoms with Gasteiger partial charge in [-0.1, -0.05) is 31.5 Å². The Morgan fingerprint density at radius 2 is 2.00 bits per heavy atom. The molecule has 2 fully saturated rings. The first kappa shape index (κ1) is 13.3. The number of nitrogens with zero attached hydrogens (tertiary/aromatic N) is 1. The van der Waals surface area contributed by atoms with Crippen molar-refractivity contribution in [1.29, 1.82) is 0 Å². The highest BCUT2D eigenvalue weighted by Gasteiger charge is 2.57. The molecule has 0 radical (unpaired) electrons. The van der Waals surface area contributed by atoms with E-state index in [2.05, 4.69) is 41.4 Å². The number of hydrogen-bond donors (Lipinski definition) is 1. The maximum atomic E-state index is 12.9. The van der Waals surface area contributed by atoms with E-state index in [4.69, 9.17) is 0 Å². The van der Waals surface area contributed by atoms with Crippen molar-refractivity contribution in [3.05, 3.63) is 29.8 Å². The molecule has 0 saturated heterocycles. The van der Waals surface area contributed by atoms with Gasteiger partial charge in [-0.2, -0.15) is 0 Å². The van der Waals surface area contributed by atoms with Crippen LogP contribution in [0.1, 0.15) is 44.2 Å². The Balaban J connectivity index is 1.59. The van der Waals surface area contributed by atoms with Gasteiger partial charge >= 0.3 is 0 Å². The maximum absolute atomic E-state index is 12.9. The molecule has 1 amide bonds. The normalized spacial score (nSPS) is 33.5. The molecule has 2 saturated carbocycles. The van der Waals surface area contributed by atoms with Gasteiger partial charge in [-0.15, -0.1) is 0 Å². The van der Waals surface area contributed by atoms with Crippen LogP contribution < -0.4 is 10.2 Å². The number of hydrogen-bond acceptors (Lipinski definition) is 2. The molecule has 3 unspecified atom stereocenters. The van der Waals surface area contributed by atoms with Crippen LogP contribution in [-0.4, -0.2) is 19.0 Å². The van der Waals surface area contributed by atoms with Crippen LogP contribution >= 0.6 is 0 Å². The molecule has 3 aliphatic rings. The van der Waals surface area contributed by atoms with Gasteiger partial charge in [-0.25, -0.2) is 0 Å². The van der Waals surface area contributed by atoms with Crippen LogP contribution in [0, 0.1) is 17.8 Å². The summed E-state index contributed by atoms with van der Waals surface area (Å²) >= 11 is 0. The number of carbonyl (C=O) groups excluding carboxylic acids is 1. The summed E-state index contributed by atoms with van der Waals surface area (Å²) in [7, 11) is 0. The predicted octanol–water partition coefficient (Wildman–Crippen LogP) is 3.12. The first-order chi connectivity index (χ1) is 10.3. The highest BCUT2D eigenvalue weighted by atomic mass is 16.2. The van der Waals surface area contributed by atoms with Crippen molar-refractivity contribution in [3.8, 4) is 0 Å². The van der Waals surface area contributed by atoms with Gasteiger partial charge in [-0.3, -0.25) is 4.79 Å². The number of amides is 1. The average Bonchev–Trinajstić information content (AvgIpc) is 2.99. The molecule has 4 rings (SSSR count). The minimum atomic E-state index is 0.336. The molecule has 1 aliphatic heterocycles. The number of para-hydroxylation sites is 1. The minimum absolute atomic E-state index is 0.336. The Labute approximate surface area is 126 Å². The van der Waals surface area contributed by atoms with E-state index in [0.717, 1.165) is 25.2 Å². The second-order valence-electron chi connectivity index (χ2n) is 6.73. The number of nitrogens with one attached hydrogen (secondary N) is 1. The third kappa shape index (κ3) is 2.10. The summed E-state index contributed by atoms with van der Waals surface area (Å²) in [6, 6.07) is 8.84. The first-order valence-electron chi connectivity index (χ1n) is 8.45. The molecule has 112 valence electrons. The summed E-state index contributed by atoms with van der Waals surface area (Å²) in [6.45, 7) is 3.98. The Kier molecular flexibility index (Phi) is 3.26. The monoisotopic (exact) mass is 284 g/mol. The standard InChI is InChI=1S/C18H24N2O/c1-2-19-15-10-11-20(16-9-4-3-6-14(15)16)18(21)17-12-7-5-8-13(12)17/h3-4,6,9,12-13,15,17,19H,2,5,7-8,10-11H2,1H3. The van der Waals surface area contributed by atoms with E-state index in [-0.39, 0.29) is 0 Å². The zero-order valence-corrected chi connectivity index (χ0v) is 12.7. The lowest BCUT2D eigenvalue weighted by Crippen LogP contribution is -2.41. The smallest absolute Gasteiger partial charge is 0.230 e. The summed E-state index contributed by atoms with van der Waals surface area (Å²) in [5, 5.41) is 3.55. The van der Waals surface area contributed by atoms with E-state index in [9.17, 15) is 4.79 Å². The van der Waals surface area contributed by atoms with E-state index in [1.165, 1.54) is 24.8 Å². The van der Waals surface area contributed by atoms with Crippen molar-refractivity contribution >= 4 is 11.6 Å². The highest BCUT2D eigenvalue weighted by Crippen LogP contribution is 2.58. The molecular formula is C18H24N2O. The molecule has 1 N–H and O–H groups in total. The van der Waals surface area contributed by atoms with Crippen LogP contribution in [0.4, 0.5) is 5.69 Å². The quantitative estimate of drug-likeness (QED) is 0.925. The summed E-state index contributed by atoms with van der Waals surface area (Å²) < 4.78 is 0. The van der Waals surface area contributed by atoms with Crippen molar-refractivity contribution in [3.63, 3.8) is 0 Å². The fraction of sp³-hybridized carbons (Fsp3) is 0.611. The third-order valence-electron chi connectivity index (χ3n) is 5.65. The molecule has 1 heterocycles. The molecule has 3 heteroatoms. The van der Waals surface area contributed by atoms with Crippen LogP contribution in [0.2, 0.25) is 0 Å². The van der Waals surface area contributed by atoms with Gasteiger partial charge in [0.05, 0.1) is 0 Å². The van der Waals surface area contributed by atoms with E-state index >= 15 is 0 Å². The lowest BCUT2D eigenvalue weighted by molar-refractivity contribution is -0.120. The molecule has 1 aromatic rings. The van der Waals surface area contributed by atoms with Crippen LogP contribution in [0.25, 0.3) is 0 Å². The van der Waals surface area contributed by atoms with Gasteiger partial charge in [-0.05, 0) is 49.3 Å². The molecule has 0 bridgehead atoms. The SMILES string of the molecule is CCNC1CCN(C(=O)C2C3CCCC32)c2ccccc21.